The molecule has 1 unspecified atom stereocenters. The fourth-order valence-electron chi connectivity index (χ4n) is 2.22. The number of aromatic amines is 1. The first-order valence-corrected chi connectivity index (χ1v) is 7.38. The molecule has 0 spiro atoms. The number of halogens is 2. The van der Waals surface area contributed by atoms with Crippen LogP contribution >= 0.6 is 27.5 Å². The Kier molecular flexibility index (Phi) is 4.53. The Morgan fingerprint density at radius 2 is 2.21 bits per heavy atom. The molecule has 102 valence electrons. The first-order chi connectivity index (χ1) is 9.08. The number of nitrogens with one attached hydrogen (secondary N) is 1. The third-order valence-corrected chi connectivity index (χ3v) is 3.94. The van der Waals surface area contributed by atoms with Gasteiger partial charge in [0.25, 0.3) is 0 Å². The Hall–Kier alpha value is -1.00. The Balaban J connectivity index is 2.55. The van der Waals surface area contributed by atoms with Crippen LogP contribution < -0.4 is 0 Å². The molecule has 1 atom stereocenters. The molecule has 19 heavy (non-hydrogen) atoms. The minimum Gasteiger partial charge on any atom is -0.466 e. The maximum atomic E-state index is 12.1. The Labute approximate surface area is 125 Å². The van der Waals surface area contributed by atoms with Crippen LogP contribution in [-0.2, 0) is 9.53 Å². The largest absolute Gasteiger partial charge is 0.466 e. The van der Waals surface area contributed by atoms with Crippen LogP contribution in [0.15, 0.2) is 22.8 Å². The molecule has 1 aromatic carbocycles. The van der Waals surface area contributed by atoms with Crippen LogP contribution in [0.4, 0.5) is 0 Å². The van der Waals surface area contributed by atoms with Crippen molar-refractivity contribution in [3.05, 3.63) is 33.4 Å². The molecule has 0 aliphatic carbocycles. The summed E-state index contributed by atoms with van der Waals surface area (Å²) in [5, 5.41) is 1.61. The van der Waals surface area contributed by atoms with Crippen molar-refractivity contribution in [2.45, 2.75) is 26.2 Å². The zero-order chi connectivity index (χ0) is 14.0. The molecule has 2 aromatic rings. The lowest BCUT2D eigenvalue weighted by Crippen LogP contribution is -2.15. The first-order valence-electron chi connectivity index (χ1n) is 6.21. The summed E-state index contributed by atoms with van der Waals surface area (Å²) in [7, 11) is 0. The molecule has 0 aliphatic heterocycles. The van der Waals surface area contributed by atoms with Crippen molar-refractivity contribution in [3.8, 4) is 0 Å². The lowest BCUT2D eigenvalue weighted by molar-refractivity contribution is -0.145. The van der Waals surface area contributed by atoms with Gasteiger partial charge >= 0.3 is 5.97 Å². The maximum absolute atomic E-state index is 12.1. The highest BCUT2D eigenvalue weighted by Crippen LogP contribution is 2.36. The second kappa shape index (κ2) is 5.97. The molecular weight excluding hydrogens is 330 g/mol. The number of hydrogen-bond donors (Lipinski definition) is 1. The van der Waals surface area contributed by atoms with Crippen molar-refractivity contribution in [1.29, 1.82) is 0 Å². The highest BCUT2D eigenvalue weighted by atomic mass is 79.9. The van der Waals surface area contributed by atoms with Gasteiger partial charge in [0.15, 0.2) is 0 Å². The van der Waals surface area contributed by atoms with Gasteiger partial charge in [-0.15, -0.1) is 0 Å². The van der Waals surface area contributed by atoms with Crippen LogP contribution in [-0.4, -0.2) is 17.6 Å². The van der Waals surface area contributed by atoms with Gasteiger partial charge in [-0.3, -0.25) is 4.79 Å². The van der Waals surface area contributed by atoms with E-state index in [1.807, 2.05) is 32.0 Å². The number of H-pyrrole nitrogens is 1. The van der Waals surface area contributed by atoms with E-state index in [0.29, 0.717) is 18.1 Å². The van der Waals surface area contributed by atoms with Gasteiger partial charge in [-0.2, -0.15) is 0 Å². The molecule has 1 heterocycles. The molecule has 5 heteroatoms. The maximum Gasteiger partial charge on any atom is 0.313 e. The average Bonchev–Trinajstić information content (AvgIpc) is 2.68. The number of hydrogen-bond acceptors (Lipinski definition) is 2. The van der Waals surface area contributed by atoms with Crippen molar-refractivity contribution in [1.82, 2.24) is 4.98 Å². The Bertz CT molecular complexity index is 609. The fraction of sp³-hybridized carbons (Fsp3) is 0.357. The van der Waals surface area contributed by atoms with Crippen molar-refractivity contribution >= 4 is 44.4 Å². The molecule has 0 radical (unpaired) electrons. The van der Waals surface area contributed by atoms with Gasteiger partial charge < -0.3 is 9.72 Å². The van der Waals surface area contributed by atoms with Gasteiger partial charge in [0.1, 0.15) is 0 Å². The van der Waals surface area contributed by atoms with Crippen molar-refractivity contribution < 1.29 is 9.53 Å². The second-order valence-electron chi connectivity index (χ2n) is 4.26. The molecule has 0 saturated heterocycles. The summed E-state index contributed by atoms with van der Waals surface area (Å²) in [4.78, 5) is 15.3. The van der Waals surface area contributed by atoms with E-state index in [1.165, 1.54) is 0 Å². The highest BCUT2D eigenvalue weighted by molar-refractivity contribution is 9.10. The SMILES string of the molecule is CCOC(=O)C(CC)c1c(Br)[nH]c2ccc(Cl)cc12. The number of aromatic nitrogens is 1. The molecule has 2 rings (SSSR count). The van der Waals surface area contributed by atoms with Gasteiger partial charge in [-0.25, -0.2) is 0 Å². The standard InChI is InChI=1S/C14H15BrClNO2/c1-3-9(14(18)19-4-2)12-10-7-8(16)5-6-11(10)17-13(12)15/h5-7,9,17H,3-4H2,1-2H3. The molecule has 0 aliphatic rings. The van der Waals surface area contributed by atoms with E-state index in [2.05, 4.69) is 20.9 Å². The number of benzene rings is 1. The van der Waals surface area contributed by atoms with Gasteiger partial charge in [0.2, 0.25) is 0 Å². The number of carbonyl (C=O) groups is 1. The number of rotatable bonds is 4. The summed E-state index contributed by atoms with van der Waals surface area (Å²) < 4.78 is 5.96. The minimum absolute atomic E-state index is 0.202. The monoisotopic (exact) mass is 343 g/mol. The van der Waals surface area contributed by atoms with Crippen molar-refractivity contribution in [2.24, 2.45) is 0 Å². The van der Waals surface area contributed by atoms with Gasteiger partial charge in [-0.1, -0.05) is 18.5 Å². The zero-order valence-electron chi connectivity index (χ0n) is 10.8. The summed E-state index contributed by atoms with van der Waals surface area (Å²) in [6.07, 6.45) is 0.677. The van der Waals surface area contributed by atoms with E-state index < -0.39 is 0 Å². The minimum atomic E-state index is -0.290. The topological polar surface area (TPSA) is 42.1 Å². The number of esters is 1. The van der Waals surface area contributed by atoms with E-state index in [9.17, 15) is 4.79 Å². The lowest BCUT2D eigenvalue weighted by atomic mass is 9.96. The molecule has 0 bridgehead atoms. The van der Waals surface area contributed by atoms with Crippen LogP contribution in [0.25, 0.3) is 10.9 Å². The number of carbonyl (C=O) groups excluding carboxylic acids is 1. The van der Waals surface area contributed by atoms with Crippen molar-refractivity contribution in [3.63, 3.8) is 0 Å². The second-order valence-corrected chi connectivity index (χ2v) is 5.48. The normalized spacial score (nSPS) is 12.6. The summed E-state index contributed by atoms with van der Waals surface area (Å²) in [5.41, 5.74) is 1.87. The van der Waals surface area contributed by atoms with Crippen molar-refractivity contribution in [2.75, 3.05) is 6.61 Å². The summed E-state index contributed by atoms with van der Waals surface area (Å²) >= 11 is 9.53. The van der Waals surface area contributed by atoms with Crippen LogP contribution in [0.2, 0.25) is 5.02 Å². The fourth-order valence-corrected chi connectivity index (χ4v) is 3.10. The summed E-state index contributed by atoms with van der Waals surface area (Å²) in [6.45, 7) is 4.17. The van der Waals surface area contributed by atoms with E-state index in [4.69, 9.17) is 16.3 Å². The quantitative estimate of drug-likeness (QED) is 0.821. The molecule has 3 nitrogen and oxygen atoms in total. The third-order valence-electron chi connectivity index (χ3n) is 3.08. The van der Waals surface area contributed by atoms with E-state index in [-0.39, 0.29) is 11.9 Å². The van der Waals surface area contributed by atoms with E-state index in [0.717, 1.165) is 21.1 Å². The van der Waals surface area contributed by atoms with Gasteiger partial charge in [-0.05, 0) is 47.5 Å². The molecule has 0 saturated carbocycles. The summed E-state index contributed by atoms with van der Waals surface area (Å²) in [5.74, 6) is -0.492. The smallest absolute Gasteiger partial charge is 0.313 e. The molecule has 1 aromatic heterocycles. The summed E-state index contributed by atoms with van der Waals surface area (Å²) in [6, 6.07) is 5.60. The Morgan fingerprint density at radius 1 is 1.47 bits per heavy atom. The van der Waals surface area contributed by atoms with Crippen LogP contribution in [0.3, 0.4) is 0 Å². The molecule has 0 amide bonds. The average molecular weight is 345 g/mol. The van der Waals surface area contributed by atoms with Crippen LogP contribution in [0, 0.1) is 0 Å². The number of ether oxygens (including phenoxy) is 1. The van der Waals surface area contributed by atoms with E-state index in [1.54, 1.807) is 0 Å². The van der Waals surface area contributed by atoms with Gasteiger partial charge in [0, 0.05) is 21.5 Å². The van der Waals surface area contributed by atoms with E-state index >= 15 is 0 Å². The lowest BCUT2D eigenvalue weighted by Gasteiger charge is -2.13. The third kappa shape index (κ3) is 2.79. The zero-order valence-corrected chi connectivity index (χ0v) is 13.1. The predicted octanol–water partition coefficient (Wildman–Crippen LogP) is 4.64. The number of fused-ring (bicyclic) bond motifs is 1. The first kappa shape index (κ1) is 14.4. The predicted molar refractivity (Wildman–Crippen MR) is 80.7 cm³/mol. The molecule has 0 fully saturated rings. The van der Waals surface area contributed by atoms with Crippen LogP contribution in [0.1, 0.15) is 31.7 Å². The molecule has 1 N–H and O–H groups in total. The molecular formula is C14H15BrClNO2. The van der Waals surface area contributed by atoms with Gasteiger partial charge in [0.05, 0.1) is 17.1 Å². The Morgan fingerprint density at radius 3 is 2.84 bits per heavy atom. The van der Waals surface area contributed by atoms with Crippen LogP contribution in [0.5, 0.6) is 0 Å². The highest BCUT2D eigenvalue weighted by Gasteiger charge is 2.26.